The Kier molecular flexibility index (Phi) is 3.41. The first-order valence-electron chi connectivity index (χ1n) is 8.55. The molecule has 4 rings (SSSR count). The topological polar surface area (TPSA) is 77.3 Å². The summed E-state index contributed by atoms with van der Waals surface area (Å²) in [5, 5.41) is 11.3. The van der Waals surface area contributed by atoms with Crippen molar-refractivity contribution in [2.75, 3.05) is 0 Å². The van der Waals surface area contributed by atoms with E-state index in [1.54, 1.807) is 6.07 Å². The van der Waals surface area contributed by atoms with Crippen LogP contribution in [0.2, 0.25) is 0 Å². The summed E-state index contributed by atoms with van der Waals surface area (Å²) in [7, 11) is 0. The molecule has 24 heavy (non-hydrogen) atoms. The number of fused-ring (bicyclic) bond motifs is 4. The van der Waals surface area contributed by atoms with Crippen LogP contribution < -0.4 is 0 Å². The second-order valence-corrected chi connectivity index (χ2v) is 7.23. The van der Waals surface area contributed by atoms with Gasteiger partial charge in [-0.25, -0.2) is 0 Å². The molecule has 3 aliphatic rings. The van der Waals surface area contributed by atoms with Crippen molar-refractivity contribution in [3.05, 3.63) is 51.1 Å². The molecule has 0 amide bonds. The molecule has 5 heteroatoms. The minimum atomic E-state index is -0.558. The molecule has 0 N–H and O–H groups in total. The van der Waals surface area contributed by atoms with Crippen molar-refractivity contribution in [3.63, 3.8) is 0 Å². The average molecular weight is 325 g/mol. The molecule has 0 aliphatic heterocycles. The summed E-state index contributed by atoms with van der Waals surface area (Å²) in [5.41, 5.74) is 1.34. The third kappa shape index (κ3) is 2.00. The molecule has 1 aromatic rings. The van der Waals surface area contributed by atoms with Gasteiger partial charge in [-0.2, -0.15) is 0 Å². The molecule has 1 saturated carbocycles. The second-order valence-electron chi connectivity index (χ2n) is 7.23. The van der Waals surface area contributed by atoms with Crippen molar-refractivity contribution >= 4 is 17.3 Å². The first-order valence-corrected chi connectivity index (χ1v) is 8.55. The normalized spacial score (nSPS) is 31.6. The number of nitro benzene ring substituents is 1. The summed E-state index contributed by atoms with van der Waals surface area (Å²) in [6.07, 6.45) is 5.84. The molecule has 4 atom stereocenters. The van der Waals surface area contributed by atoms with Gasteiger partial charge in [-0.3, -0.25) is 19.7 Å². The molecular formula is C19H19NO4. The molecule has 1 fully saturated rings. The van der Waals surface area contributed by atoms with Crippen LogP contribution in [0.25, 0.3) is 0 Å². The fourth-order valence-electron chi connectivity index (χ4n) is 4.98. The van der Waals surface area contributed by atoms with Gasteiger partial charge in [0, 0.05) is 23.5 Å². The fourth-order valence-corrected chi connectivity index (χ4v) is 4.98. The zero-order valence-corrected chi connectivity index (χ0v) is 13.5. The van der Waals surface area contributed by atoms with E-state index in [-0.39, 0.29) is 40.2 Å². The Morgan fingerprint density at radius 2 is 1.96 bits per heavy atom. The van der Waals surface area contributed by atoms with Gasteiger partial charge in [0.2, 0.25) is 0 Å². The zero-order valence-electron chi connectivity index (χ0n) is 13.5. The second kappa shape index (κ2) is 5.36. The van der Waals surface area contributed by atoms with Gasteiger partial charge in [0.25, 0.3) is 5.69 Å². The lowest BCUT2D eigenvalue weighted by Gasteiger charge is -2.44. The molecular weight excluding hydrogens is 306 g/mol. The van der Waals surface area contributed by atoms with E-state index >= 15 is 0 Å². The predicted molar refractivity (Wildman–Crippen MR) is 87.9 cm³/mol. The van der Waals surface area contributed by atoms with Crippen LogP contribution in [-0.4, -0.2) is 16.5 Å². The summed E-state index contributed by atoms with van der Waals surface area (Å²) in [4.78, 5) is 36.9. The highest BCUT2D eigenvalue weighted by Crippen LogP contribution is 2.50. The molecule has 0 heterocycles. The molecule has 1 aromatic carbocycles. The van der Waals surface area contributed by atoms with Crippen molar-refractivity contribution < 1.29 is 14.5 Å². The maximum absolute atomic E-state index is 13.2. The number of carbonyl (C=O) groups excluding carboxylic acids is 2. The highest BCUT2D eigenvalue weighted by Gasteiger charge is 2.51. The number of Topliss-reactive ketones (excluding diaryl/α,β-unsaturated/α-hetero) is 2. The SMILES string of the molecule is CC1CCCC2=CCC3C(=O)c4c(cccc4[N+](=O)[O-])C(=O)C3C21. The average Bonchev–Trinajstić information content (AvgIpc) is 2.58. The summed E-state index contributed by atoms with van der Waals surface area (Å²) in [6, 6.07) is 4.40. The number of allylic oxidation sites excluding steroid dienone is 2. The number of nitrogens with zero attached hydrogens (tertiary/aromatic N) is 1. The van der Waals surface area contributed by atoms with Crippen LogP contribution in [0.4, 0.5) is 5.69 Å². The van der Waals surface area contributed by atoms with E-state index in [1.807, 2.05) is 0 Å². The maximum Gasteiger partial charge on any atom is 0.280 e. The number of hydrogen-bond donors (Lipinski definition) is 0. The summed E-state index contributed by atoms with van der Waals surface area (Å²) in [6.45, 7) is 2.15. The Balaban J connectivity index is 1.87. The zero-order chi connectivity index (χ0) is 17.0. The molecule has 5 nitrogen and oxygen atoms in total. The van der Waals surface area contributed by atoms with Gasteiger partial charge in [-0.05, 0) is 37.5 Å². The third-order valence-corrected chi connectivity index (χ3v) is 6.01. The highest BCUT2D eigenvalue weighted by molar-refractivity contribution is 6.18. The van der Waals surface area contributed by atoms with Gasteiger partial charge in [-0.15, -0.1) is 0 Å². The van der Waals surface area contributed by atoms with Crippen LogP contribution in [0.1, 0.15) is 53.3 Å². The molecule has 0 radical (unpaired) electrons. The number of benzene rings is 1. The van der Waals surface area contributed by atoms with Crippen molar-refractivity contribution in [1.29, 1.82) is 0 Å². The van der Waals surface area contributed by atoms with Crippen molar-refractivity contribution in [2.24, 2.45) is 23.7 Å². The van der Waals surface area contributed by atoms with Crippen LogP contribution in [0, 0.1) is 33.8 Å². The van der Waals surface area contributed by atoms with Crippen molar-refractivity contribution in [2.45, 2.75) is 32.6 Å². The van der Waals surface area contributed by atoms with Crippen molar-refractivity contribution in [1.82, 2.24) is 0 Å². The smallest absolute Gasteiger partial charge is 0.280 e. The molecule has 0 spiro atoms. The van der Waals surface area contributed by atoms with E-state index in [2.05, 4.69) is 13.0 Å². The number of rotatable bonds is 1. The fraction of sp³-hybridized carbons (Fsp3) is 0.474. The number of hydrogen-bond acceptors (Lipinski definition) is 4. The summed E-state index contributed by atoms with van der Waals surface area (Å²) in [5.74, 6) is -0.614. The first-order chi connectivity index (χ1) is 11.5. The Hall–Kier alpha value is -2.30. The van der Waals surface area contributed by atoms with Gasteiger partial charge < -0.3 is 0 Å². The Morgan fingerprint density at radius 1 is 1.17 bits per heavy atom. The summed E-state index contributed by atoms with van der Waals surface area (Å²) < 4.78 is 0. The van der Waals surface area contributed by atoms with Gasteiger partial charge in [0.05, 0.1) is 4.92 Å². The van der Waals surface area contributed by atoms with E-state index in [9.17, 15) is 19.7 Å². The van der Waals surface area contributed by atoms with Gasteiger partial charge in [-0.1, -0.05) is 30.7 Å². The van der Waals surface area contributed by atoms with Gasteiger partial charge in [0.15, 0.2) is 11.6 Å². The lowest BCUT2D eigenvalue weighted by atomic mass is 9.57. The maximum atomic E-state index is 13.2. The van der Waals surface area contributed by atoms with Gasteiger partial charge >= 0.3 is 0 Å². The highest BCUT2D eigenvalue weighted by atomic mass is 16.6. The number of nitro groups is 1. The lowest BCUT2D eigenvalue weighted by molar-refractivity contribution is -0.385. The largest absolute Gasteiger partial charge is 0.294 e. The Bertz CT molecular complexity index is 795. The monoisotopic (exact) mass is 325 g/mol. The van der Waals surface area contributed by atoms with Crippen LogP contribution in [0.3, 0.4) is 0 Å². The van der Waals surface area contributed by atoms with E-state index in [4.69, 9.17) is 0 Å². The molecule has 0 bridgehead atoms. The molecule has 0 saturated heterocycles. The van der Waals surface area contributed by atoms with Crippen LogP contribution >= 0.6 is 0 Å². The van der Waals surface area contributed by atoms with E-state index in [1.165, 1.54) is 17.7 Å². The third-order valence-electron chi connectivity index (χ3n) is 6.01. The van der Waals surface area contributed by atoms with Crippen LogP contribution in [0.15, 0.2) is 29.8 Å². The van der Waals surface area contributed by atoms with Crippen LogP contribution in [0.5, 0.6) is 0 Å². The number of carbonyl (C=O) groups is 2. The van der Waals surface area contributed by atoms with E-state index in [0.717, 1.165) is 19.3 Å². The predicted octanol–water partition coefficient (Wildman–Crippen LogP) is 3.97. The van der Waals surface area contributed by atoms with E-state index < -0.39 is 10.8 Å². The standard InChI is InChI=1S/C19H19NO4/c1-10-4-2-5-11-8-9-13-17(15(10)11)19(22)12-6-3-7-14(20(23)24)16(12)18(13)21/h3,6-8,10,13,15,17H,2,4-5,9H2,1H3. The minimum absolute atomic E-state index is 0.0223. The molecule has 0 aromatic heterocycles. The quantitative estimate of drug-likeness (QED) is 0.444. The molecule has 4 unspecified atom stereocenters. The summed E-state index contributed by atoms with van der Waals surface area (Å²) >= 11 is 0. The van der Waals surface area contributed by atoms with E-state index in [0.29, 0.717) is 12.3 Å². The first kappa shape index (κ1) is 15.2. The molecule has 124 valence electrons. The molecule has 3 aliphatic carbocycles. The van der Waals surface area contributed by atoms with Gasteiger partial charge in [0.1, 0.15) is 5.56 Å². The number of ketones is 2. The van der Waals surface area contributed by atoms with Crippen LogP contribution in [-0.2, 0) is 0 Å². The Labute approximate surface area is 139 Å². The lowest BCUT2D eigenvalue weighted by Crippen LogP contribution is -2.46. The Morgan fingerprint density at radius 3 is 2.71 bits per heavy atom. The minimum Gasteiger partial charge on any atom is -0.294 e. The van der Waals surface area contributed by atoms with Crippen molar-refractivity contribution in [3.8, 4) is 0 Å².